The number of nitrogens with zero attached hydrogens (tertiary/aromatic N) is 2. The lowest BCUT2D eigenvalue weighted by Gasteiger charge is -2.19. The maximum atomic E-state index is 14.2. The number of carbonyl (C=O) groups excluding carboxylic acids is 1. The third-order valence-electron chi connectivity index (χ3n) is 5.58. The maximum absolute atomic E-state index is 14.2. The number of benzene rings is 2. The predicted octanol–water partition coefficient (Wildman–Crippen LogP) is 4.87. The Morgan fingerprint density at radius 3 is 2.15 bits per heavy atom. The number of aliphatic hydroxyl groups is 1. The van der Waals surface area contributed by atoms with Crippen molar-refractivity contribution in [1.82, 2.24) is 14.5 Å². The maximum Gasteiger partial charge on any atom is 0.236 e. The molecule has 6 nitrogen and oxygen atoms in total. The average molecular weight is 486 g/mol. The first-order valence-corrected chi connectivity index (χ1v) is 12.4. The van der Waals surface area contributed by atoms with Crippen LogP contribution in [0.3, 0.4) is 0 Å². The standard InChI is InChI=1S/C26H32FN3O3S/c1-16(2)20-12-18(27)13-21(17(3)4)22(20)14-24(31)29-34(33)25-15-23(26(5,6)32)30(28-25)19-10-8-7-9-11-19/h7-13,15-17,32H,14H2,1-6H3,(H,29,31). The molecule has 1 atom stereocenters. The Bertz CT molecular complexity index is 1170. The van der Waals surface area contributed by atoms with Gasteiger partial charge in [-0.2, -0.15) is 5.10 Å². The Labute approximate surface area is 202 Å². The molecule has 0 aliphatic rings. The van der Waals surface area contributed by atoms with Crippen LogP contribution < -0.4 is 4.72 Å². The van der Waals surface area contributed by atoms with Crippen molar-refractivity contribution in [2.75, 3.05) is 0 Å². The molecule has 0 saturated heterocycles. The minimum Gasteiger partial charge on any atom is -0.384 e. The van der Waals surface area contributed by atoms with Crippen molar-refractivity contribution < 1.29 is 18.5 Å². The molecule has 182 valence electrons. The van der Waals surface area contributed by atoms with Gasteiger partial charge in [-0.15, -0.1) is 0 Å². The summed E-state index contributed by atoms with van der Waals surface area (Å²) in [7, 11) is -1.94. The molecular formula is C26H32FN3O3S. The number of halogens is 1. The SMILES string of the molecule is CC(C)c1cc(F)cc(C(C)C)c1CC(=O)NS(=O)c1cc(C(C)(C)O)n(-c2ccccc2)n1. The van der Waals surface area contributed by atoms with Crippen LogP contribution in [0.1, 0.15) is 75.8 Å². The van der Waals surface area contributed by atoms with Gasteiger partial charge in [-0.25, -0.2) is 13.3 Å². The Morgan fingerprint density at radius 2 is 1.65 bits per heavy atom. The molecule has 0 fully saturated rings. The van der Waals surface area contributed by atoms with Crippen LogP contribution in [0.25, 0.3) is 5.69 Å². The highest BCUT2D eigenvalue weighted by atomic mass is 32.2. The minimum atomic E-state index is -1.94. The fourth-order valence-electron chi connectivity index (χ4n) is 3.92. The van der Waals surface area contributed by atoms with Crippen LogP contribution in [-0.4, -0.2) is 25.0 Å². The van der Waals surface area contributed by atoms with Crippen LogP contribution in [-0.2, 0) is 27.8 Å². The van der Waals surface area contributed by atoms with Crippen LogP contribution in [0, 0.1) is 5.82 Å². The van der Waals surface area contributed by atoms with Crippen molar-refractivity contribution in [3.8, 4) is 5.69 Å². The van der Waals surface area contributed by atoms with Gasteiger partial charge in [0, 0.05) is 6.07 Å². The highest BCUT2D eigenvalue weighted by Crippen LogP contribution is 2.30. The van der Waals surface area contributed by atoms with E-state index in [1.165, 1.54) is 22.9 Å². The molecule has 1 unspecified atom stereocenters. The number of hydrogen-bond donors (Lipinski definition) is 2. The fraction of sp³-hybridized carbons (Fsp3) is 0.385. The molecular weight excluding hydrogens is 453 g/mol. The molecule has 0 bridgehead atoms. The van der Waals surface area contributed by atoms with Gasteiger partial charge in [0.05, 0.1) is 17.8 Å². The number of amides is 1. The summed E-state index contributed by atoms with van der Waals surface area (Å²) >= 11 is 0. The number of para-hydroxylation sites is 1. The summed E-state index contributed by atoms with van der Waals surface area (Å²) in [5.74, 6) is -0.728. The first-order valence-electron chi connectivity index (χ1n) is 11.3. The van der Waals surface area contributed by atoms with Gasteiger partial charge in [0.25, 0.3) is 0 Å². The van der Waals surface area contributed by atoms with Crippen molar-refractivity contribution >= 4 is 16.9 Å². The summed E-state index contributed by atoms with van der Waals surface area (Å²) in [6.07, 6.45) is -0.0230. The van der Waals surface area contributed by atoms with Crippen LogP contribution in [0.5, 0.6) is 0 Å². The largest absolute Gasteiger partial charge is 0.384 e. The summed E-state index contributed by atoms with van der Waals surface area (Å²) in [6.45, 7) is 11.0. The van der Waals surface area contributed by atoms with Crippen molar-refractivity contribution in [2.45, 2.75) is 70.4 Å². The minimum absolute atomic E-state index is 0.0230. The number of nitrogens with one attached hydrogen (secondary N) is 1. The van der Waals surface area contributed by atoms with Gasteiger partial charge in [-0.3, -0.25) is 9.52 Å². The monoisotopic (exact) mass is 485 g/mol. The van der Waals surface area contributed by atoms with E-state index >= 15 is 0 Å². The van der Waals surface area contributed by atoms with Crippen molar-refractivity contribution in [1.29, 1.82) is 0 Å². The van der Waals surface area contributed by atoms with Gasteiger partial charge in [-0.05, 0) is 66.6 Å². The Balaban J connectivity index is 1.89. The summed E-state index contributed by atoms with van der Waals surface area (Å²) in [5.41, 5.74) is 2.18. The van der Waals surface area contributed by atoms with Crippen LogP contribution in [0.15, 0.2) is 53.6 Å². The van der Waals surface area contributed by atoms with Gasteiger partial charge in [0.1, 0.15) is 11.4 Å². The normalized spacial score (nSPS) is 12.9. The van der Waals surface area contributed by atoms with E-state index < -0.39 is 22.5 Å². The third kappa shape index (κ3) is 5.80. The molecule has 1 amide bonds. The Hall–Kier alpha value is -2.84. The lowest BCUT2D eigenvalue weighted by atomic mass is 9.87. The van der Waals surface area contributed by atoms with Crippen LogP contribution in [0.4, 0.5) is 4.39 Å². The second-order valence-electron chi connectivity index (χ2n) is 9.52. The Morgan fingerprint density at radius 1 is 1.09 bits per heavy atom. The van der Waals surface area contributed by atoms with Crippen LogP contribution >= 0.6 is 0 Å². The van der Waals surface area contributed by atoms with Gasteiger partial charge in [-0.1, -0.05) is 45.9 Å². The molecule has 2 aromatic carbocycles. The van der Waals surface area contributed by atoms with E-state index in [4.69, 9.17) is 0 Å². The zero-order valence-electron chi connectivity index (χ0n) is 20.4. The molecule has 3 rings (SSSR count). The summed E-state index contributed by atoms with van der Waals surface area (Å²) in [6, 6.07) is 13.6. The van der Waals surface area contributed by atoms with E-state index in [-0.39, 0.29) is 29.1 Å². The van der Waals surface area contributed by atoms with Crippen LogP contribution in [0.2, 0.25) is 0 Å². The van der Waals surface area contributed by atoms with Gasteiger partial charge in [0.15, 0.2) is 16.0 Å². The summed E-state index contributed by atoms with van der Waals surface area (Å²) in [5, 5.41) is 15.1. The van der Waals surface area contributed by atoms with Crippen molar-refractivity contribution in [3.63, 3.8) is 0 Å². The molecule has 1 heterocycles. The third-order valence-corrected chi connectivity index (χ3v) is 6.57. The van der Waals surface area contributed by atoms with E-state index in [9.17, 15) is 18.5 Å². The molecule has 34 heavy (non-hydrogen) atoms. The molecule has 0 spiro atoms. The fourth-order valence-corrected chi connectivity index (χ4v) is 4.68. The number of aromatic nitrogens is 2. The lowest BCUT2D eigenvalue weighted by molar-refractivity contribution is -0.118. The molecule has 0 aliphatic heterocycles. The first-order chi connectivity index (χ1) is 15.9. The zero-order valence-corrected chi connectivity index (χ0v) is 21.2. The molecule has 3 aromatic rings. The van der Waals surface area contributed by atoms with Crippen molar-refractivity contribution in [2.24, 2.45) is 0 Å². The number of rotatable bonds is 8. The van der Waals surface area contributed by atoms with E-state index in [0.717, 1.165) is 16.7 Å². The summed E-state index contributed by atoms with van der Waals surface area (Å²) in [4.78, 5) is 12.9. The van der Waals surface area contributed by atoms with Gasteiger partial charge in [0.2, 0.25) is 5.91 Å². The number of hydrogen-bond acceptors (Lipinski definition) is 4. The van der Waals surface area contributed by atoms with E-state index in [1.807, 2.05) is 58.0 Å². The topological polar surface area (TPSA) is 84.2 Å². The van der Waals surface area contributed by atoms with E-state index in [0.29, 0.717) is 11.4 Å². The second-order valence-corrected chi connectivity index (χ2v) is 10.7. The lowest BCUT2D eigenvalue weighted by Crippen LogP contribution is -2.28. The number of carbonyl (C=O) groups is 1. The molecule has 0 saturated carbocycles. The van der Waals surface area contributed by atoms with E-state index in [2.05, 4.69) is 9.82 Å². The zero-order chi connectivity index (χ0) is 25.2. The average Bonchev–Trinajstić information content (AvgIpc) is 3.21. The second kappa shape index (κ2) is 10.2. The first kappa shape index (κ1) is 25.8. The molecule has 0 radical (unpaired) electrons. The van der Waals surface area contributed by atoms with Gasteiger partial charge >= 0.3 is 0 Å². The highest BCUT2D eigenvalue weighted by Gasteiger charge is 2.26. The Kier molecular flexibility index (Phi) is 7.73. The van der Waals surface area contributed by atoms with Gasteiger partial charge < -0.3 is 5.11 Å². The predicted molar refractivity (Wildman–Crippen MR) is 132 cm³/mol. The molecule has 2 N–H and O–H groups in total. The quantitative estimate of drug-likeness (QED) is 0.477. The van der Waals surface area contributed by atoms with Crippen molar-refractivity contribution in [3.05, 3.63) is 76.7 Å². The smallest absolute Gasteiger partial charge is 0.236 e. The highest BCUT2D eigenvalue weighted by molar-refractivity contribution is 7.83. The summed E-state index contributed by atoms with van der Waals surface area (Å²) < 4.78 is 31.3. The molecule has 1 aromatic heterocycles. The molecule has 8 heteroatoms. The molecule has 0 aliphatic carbocycles. The van der Waals surface area contributed by atoms with E-state index in [1.54, 1.807) is 13.8 Å².